The van der Waals surface area contributed by atoms with Gasteiger partial charge < -0.3 is 14.2 Å². The highest BCUT2D eigenvalue weighted by Crippen LogP contribution is 2.40. The van der Waals surface area contributed by atoms with Gasteiger partial charge in [0, 0.05) is 12.1 Å². The van der Waals surface area contributed by atoms with Gasteiger partial charge in [0.05, 0.1) is 21.3 Å². The van der Waals surface area contributed by atoms with Gasteiger partial charge in [0.2, 0.25) is 5.75 Å². The maximum Gasteiger partial charge on any atom is 0.331 e. The van der Waals surface area contributed by atoms with Gasteiger partial charge in [0.15, 0.2) is 11.5 Å². The summed E-state index contributed by atoms with van der Waals surface area (Å²) in [6.07, 6.45) is 8.48. The molecule has 1 fully saturated rings. The number of urea groups is 1. The van der Waals surface area contributed by atoms with Crippen molar-refractivity contribution in [2.24, 2.45) is 0 Å². The van der Waals surface area contributed by atoms with Crippen molar-refractivity contribution in [1.29, 1.82) is 0 Å². The first kappa shape index (κ1) is 21.4. The average molecular weight is 414 g/mol. The molecule has 1 heterocycles. The maximum absolute atomic E-state index is 13.0. The first-order valence-electron chi connectivity index (χ1n) is 9.85. The Morgan fingerprint density at radius 1 is 1.03 bits per heavy atom. The first-order chi connectivity index (χ1) is 14.5. The second-order valence-electron chi connectivity index (χ2n) is 7.06. The number of nitrogens with one attached hydrogen (secondary N) is 1. The predicted molar refractivity (Wildman–Crippen MR) is 110 cm³/mol. The van der Waals surface area contributed by atoms with Gasteiger partial charge >= 0.3 is 6.03 Å². The van der Waals surface area contributed by atoms with E-state index >= 15 is 0 Å². The van der Waals surface area contributed by atoms with Crippen molar-refractivity contribution in [3.63, 3.8) is 0 Å². The van der Waals surface area contributed by atoms with Gasteiger partial charge in [-0.2, -0.15) is 0 Å². The molecule has 0 aromatic heterocycles. The van der Waals surface area contributed by atoms with Crippen LogP contribution < -0.4 is 19.5 Å². The molecule has 1 aromatic rings. The number of rotatable bonds is 7. The molecule has 3 rings (SSSR count). The molecule has 0 saturated carbocycles. The van der Waals surface area contributed by atoms with Crippen molar-refractivity contribution in [3.05, 3.63) is 34.9 Å². The Balaban J connectivity index is 1.89. The quantitative estimate of drug-likeness (QED) is 0.419. The third-order valence-electron chi connectivity index (χ3n) is 5.26. The van der Waals surface area contributed by atoms with Crippen LogP contribution in [0.2, 0.25) is 0 Å². The van der Waals surface area contributed by atoms with E-state index in [1.807, 2.05) is 0 Å². The van der Waals surface area contributed by atoms with Crippen LogP contribution in [0.5, 0.6) is 17.2 Å². The lowest BCUT2D eigenvalue weighted by molar-refractivity contribution is -0.130. The van der Waals surface area contributed by atoms with Crippen molar-refractivity contribution >= 4 is 23.9 Å². The van der Waals surface area contributed by atoms with E-state index in [1.54, 1.807) is 12.1 Å². The molecule has 4 amide bonds. The van der Waals surface area contributed by atoms with E-state index in [2.05, 4.69) is 11.4 Å². The largest absolute Gasteiger partial charge is 0.493 e. The summed E-state index contributed by atoms with van der Waals surface area (Å²) in [7, 11) is 4.42. The van der Waals surface area contributed by atoms with Crippen LogP contribution in [-0.4, -0.2) is 50.6 Å². The van der Waals surface area contributed by atoms with Crippen molar-refractivity contribution in [1.82, 2.24) is 10.2 Å². The Bertz CT molecular complexity index is 918. The zero-order chi connectivity index (χ0) is 21.7. The fraction of sp³-hybridized carbons (Fsp3) is 0.409. The van der Waals surface area contributed by atoms with E-state index in [1.165, 1.54) is 39.4 Å². The molecule has 1 aliphatic heterocycles. The topological polar surface area (TPSA) is 94.2 Å². The van der Waals surface area contributed by atoms with Gasteiger partial charge in [0.1, 0.15) is 5.57 Å². The molecule has 8 heteroatoms. The number of hydrogen-bond acceptors (Lipinski definition) is 6. The molecule has 0 atom stereocenters. The highest BCUT2D eigenvalue weighted by Gasteiger charge is 2.36. The summed E-state index contributed by atoms with van der Waals surface area (Å²) in [5.41, 5.74) is 1.56. The number of ether oxygens (including phenoxy) is 3. The van der Waals surface area contributed by atoms with Gasteiger partial charge in [-0.3, -0.25) is 19.8 Å². The molecule has 1 aliphatic carbocycles. The van der Waals surface area contributed by atoms with Crippen LogP contribution in [-0.2, 0) is 9.59 Å². The van der Waals surface area contributed by atoms with Gasteiger partial charge in [-0.05, 0) is 50.3 Å². The van der Waals surface area contributed by atoms with E-state index in [0.29, 0.717) is 29.2 Å². The van der Waals surface area contributed by atoms with Crippen LogP contribution in [0, 0.1) is 0 Å². The minimum atomic E-state index is -0.741. The predicted octanol–water partition coefficient (Wildman–Crippen LogP) is 3.06. The van der Waals surface area contributed by atoms with Crippen LogP contribution in [0.25, 0.3) is 6.08 Å². The Kier molecular flexibility index (Phi) is 6.76. The molecule has 160 valence electrons. The third-order valence-corrected chi connectivity index (χ3v) is 5.26. The highest BCUT2D eigenvalue weighted by atomic mass is 16.5. The SMILES string of the molecule is COc1ccc(/C=C2/C(=O)NC(=O)N(CCC3=CCCCC3)C2=O)c(OC)c1OC. The van der Waals surface area contributed by atoms with Crippen LogP contribution in [0.15, 0.2) is 29.4 Å². The van der Waals surface area contributed by atoms with Crippen molar-refractivity contribution in [3.8, 4) is 17.2 Å². The first-order valence-corrected chi connectivity index (χ1v) is 9.85. The van der Waals surface area contributed by atoms with E-state index in [4.69, 9.17) is 14.2 Å². The molecule has 0 radical (unpaired) electrons. The molecular formula is C22H26N2O6. The molecule has 0 unspecified atom stereocenters. The number of amides is 4. The summed E-state index contributed by atoms with van der Waals surface area (Å²) < 4.78 is 16.0. The second-order valence-corrected chi connectivity index (χ2v) is 7.06. The van der Waals surface area contributed by atoms with E-state index in [9.17, 15) is 14.4 Å². The lowest BCUT2D eigenvalue weighted by Crippen LogP contribution is -2.54. The summed E-state index contributed by atoms with van der Waals surface area (Å²) in [6.45, 7) is 0.226. The lowest BCUT2D eigenvalue weighted by atomic mass is 9.97. The van der Waals surface area contributed by atoms with E-state index < -0.39 is 17.8 Å². The smallest absolute Gasteiger partial charge is 0.331 e. The van der Waals surface area contributed by atoms with Crippen molar-refractivity contribution in [2.45, 2.75) is 32.1 Å². The number of carbonyl (C=O) groups is 3. The van der Waals surface area contributed by atoms with Crippen molar-refractivity contribution < 1.29 is 28.6 Å². The molecule has 1 N–H and O–H groups in total. The summed E-state index contributed by atoms with van der Waals surface area (Å²) in [5.74, 6) is -0.253. The Morgan fingerprint density at radius 3 is 2.43 bits per heavy atom. The van der Waals surface area contributed by atoms with Crippen LogP contribution in [0.4, 0.5) is 4.79 Å². The van der Waals surface area contributed by atoms with E-state index in [0.717, 1.165) is 24.2 Å². The zero-order valence-electron chi connectivity index (χ0n) is 17.4. The summed E-state index contributed by atoms with van der Waals surface area (Å²) in [4.78, 5) is 38.7. The van der Waals surface area contributed by atoms with Crippen LogP contribution in [0.1, 0.15) is 37.7 Å². The number of hydrogen-bond donors (Lipinski definition) is 1. The number of nitrogens with zero attached hydrogens (tertiary/aromatic N) is 1. The lowest BCUT2D eigenvalue weighted by Gasteiger charge is -2.27. The van der Waals surface area contributed by atoms with Gasteiger partial charge in [-0.25, -0.2) is 4.79 Å². The normalized spacial score (nSPS) is 18.2. The molecule has 2 aliphatic rings. The highest BCUT2D eigenvalue weighted by molar-refractivity contribution is 6.31. The summed E-state index contributed by atoms with van der Waals surface area (Å²) in [5, 5.41) is 2.25. The fourth-order valence-electron chi connectivity index (χ4n) is 3.68. The standard InChI is InChI=1S/C22H26N2O6/c1-28-17-10-9-15(18(29-2)19(17)30-3)13-16-20(25)23-22(27)24(21(16)26)12-11-14-7-5-4-6-8-14/h7,9-10,13H,4-6,8,11-12H2,1-3H3,(H,23,25,27)/b16-13-. The number of barbiturate groups is 1. The zero-order valence-corrected chi connectivity index (χ0v) is 17.4. The Hall–Kier alpha value is -3.29. The molecule has 0 spiro atoms. The molecule has 8 nitrogen and oxygen atoms in total. The Morgan fingerprint density at radius 2 is 1.80 bits per heavy atom. The molecular weight excluding hydrogens is 388 g/mol. The molecule has 30 heavy (non-hydrogen) atoms. The number of imide groups is 2. The molecule has 1 aromatic carbocycles. The fourth-order valence-corrected chi connectivity index (χ4v) is 3.68. The number of carbonyl (C=O) groups excluding carboxylic acids is 3. The van der Waals surface area contributed by atoms with Crippen LogP contribution >= 0.6 is 0 Å². The van der Waals surface area contributed by atoms with Crippen molar-refractivity contribution in [2.75, 3.05) is 27.9 Å². The maximum atomic E-state index is 13.0. The molecule has 1 saturated heterocycles. The Labute approximate surface area is 175 Å². The minimum Gasteiger partial charge on any atom is -0.493 e. The second kappa shape index (κ2) is 9.47. The average Bonchev–Trinajstić information content (AvgIpc) is 2.76. The molecule has 0 bridgehead atoms. The summed E-state index contributed by atoms with van der Waals surface area (Å²) >= 11 is 0. The number of allylic oxidation sites excluding steroid dienone is 1. The van der Waals surface area contributed by atoms with Crippen LogP contribution in [0.3, 0.4) is 0 Å². The number of methoxy groups -OCH3 is 3. The minimum absolute atomic E-state index is 0.141. The monoisotopic (exact) mass is 414 g/mol. The van der Waals surface area contributed by atoms with Gasteiger partial charge in [-0.1, -0.05) is 11.6 Å². The van der Waals surface area contributed by atoms with E-state index in [-0.39, 0.29) is 12.1 Å². The van der Waals surface area contributed by atoms with Gasteiger partial charge in [-0.15, -0.1) is 0 Å². The summed E-state index contributed by atoms with van der Waals surface area (Å²) in [6, 6.07) is 2.61. The number of benzene rings is 1. The van der Waals surface area contributed by atoms with Gasteiger partial charge in [0.25, 0.3) is 11.8 Å². The third kappa shape index (κ3) is 4.32.